The molecule has 33 heavy (non-hydrogen) atoms. The maximum atomic E-state index is 13.0. The van der Waals surface area contributed by atoms with Gasteiger partial charge in [0.05, 0.1) is 19.8 Å². The molecular formula is C25H33N3O5. The quantitative estimate of drug-likeness (QED) is 0.623. The Balaban J connectivity index is 1.74. The Hall–Kier alpha value is -3.26. The van der Waals surface area contributed by atoms with E-state index >= 15 is 0 Å². The van der Waals surface area contributed by atoms with Crippen molar-refractivity contribution in [3.8, 4) is 17.2 Å². The molecule has 0 bridgehead atoms. The van der Waals surface area contributed by atoms with Crippen molar-refractivity contribution < 1.29 is 23.8 Å². The summed E-state index contributed by atoms with van der Waals surface area (Å²) in [6, 6.07) is 10.3. The highest BCUT2D eigenvalue weighted by Crippen LogP contribution is 2.39. The molecule has 0 spiro atoms. The van der Waals surface area contributed by atoms with Crippen molar-refractivity contribution in [2.24, 2.45) is 0 Å². The molecule has 1 saturated heterocycles. The predicted molar refractivity (Wildman–Crippen MR) is 128 cm³/mol. The second-order valence-corrected chi connectivity index (χ2v) is 7.73. The first-order valence-corrected chi connectivity index (χ1v) is 11.4. The lowest BCUT2D eigenvalue weighted by Gasteiger charge is -2.32. The number of carbonyl (C=O) groups excluding carboxylic acids is 2. The largest absolute Gasteiger partial charge is 0.490 e. The van der Waals surface area contributed by atoms with Crippen LogP contribution >= 0.6 is 0 Å². The van der Waals surface area contributed by atoms with Gasteiger partial charge in [-0.3, -0.25) is 9.59 Å². The number of hydrogen-bond donors (Lipinski definition) is 1. The SMILES string of the molecule is CCOc1cc(C(=O)Nc2ccc(C(=O)N3CCN(C)CC3)cc2)cc(OCC)c1OCC. The first-order chi connectivity index (χ1) is 16.0. The predicted octanol–water partition coefficient (Wildman–Crippen LogP) is 3.52. The maximum Gasteiger partial charge on any atom is 0.255 e. The number of anilines is 1. The normalized spacial score (nSPS) is 14.0. The topological polar surface area (TPSA) is 80.3 Å². The van der Waals surface area contributed by atoms with Crippen LogP contribution in [0.5, 0.6) is 17.2 Å². The molecule has 178 valence electrons. The molecule has 0 aliphatic carbocycles. The third-order valence-electron chi connectivity index (χ3n) is 5.35. The van der Waals surface area contributed by atoms with Crippen LogP contribution in [-0.2, 0) is 0 Å². The number of nitrogens with one attached hydrogen (secondary N) is 1. The standard InChI is InChI=1S/C25H33N3O5/c1-5-31-21-16-19(17-22(32-6-2)23(21)33-7-3)24(29)26-20-10-8-18(9-11-20)25(30)28-14-12-27(4)13-15-28/h8-11,16-17H,5-7,12-15H2,1-4H3,(H,26,29). The van der Waals surface area contributed by atoms with E-state index in [9.17, 15) is 9.59 Å². The number of ether oxygens (including phenoxy) is 3. The van der Waals surface area contributed by atoms with E-state index in [1.807, 2.05) is 25.7 Å². The zero-order valence-electron chi connectivity index (χ0n) is 19.8. The number of piperazine rings is 1. The molecule has 2 aromatic rings. The number of hydrogen-bond acceptors (Lipinski definition) is 6. The van der Waals surface area contributed by atoms with Gasteiger partial charge in [-0.15, -0.1) is 0 Å². The molecule has 0 unspecified atom stereocenters. The molecule has 1 heterocycles. The molecule has 1 fully saturated rings. The fraction of sp³-hybridized carbons (Fsp3) is 0.440. The van der Waals surface area contributed by atoms with Gasteiger partial charge in [0.15, 0.2) is 11.5 Å². The van der Waals surface area contributed by atoms with Crippen molar-refractivity contribution in [2.45, 2.75) is 20.8 Å². The van der Waals surface area contributed by atoms with Gasteiger partial charge in [0.25, 0.3) is 11.8 Å². The summed E-state index contributed by atoms with van der Waals surface area (Å²) in [6.07, 6.45) is 0. The maximum absolute atomic E-state index is 13.0. The van der Waals surface area contributed by atoms with E-state index in [2.05, 4.69) is 17.3 Å². The van der Waals surface area contributed by atoms with Crippen molar-refractivity contribution in [3.05, 3.63) is 47.5 Å². The third-order valence-corrected chi connectivity index (χ3v) is 5.35. The van der Waals surface area contributed by atoms with E-state index in [-0.39, 0.29) is 11.8 Å². The van der Waals surface area contributed by atoms with Gasteiger partial charge < -0.3 is 29.3 Å². The number of amides is 2. The number of rotatable bonds is 9. The lowest BCUT2D eigenvalue weighted by Crippen LogP contribution is -2.47. The Morgan fingerprint density at radius 2 is 1.36 bits per heavy atom. The number of benzene rings is 2. The Kier molecular flexibility index (Phi) is 8.54. The Morgan fingerprint density at radius 1 is 0.818 bits per heavy atom. The van der Waals surface area contributed by atoms with Crippen LogP contribution in [0, 0.1) is 0 Å². The fourth-order valence-electron chi connectivity index (χ4n) is 3.61. The summed E-state index contributed by atoms with van der Waals surface area (Å²) < 4.78 is 17.1. The molecule has 8 heteroatoms. The summed E-state index contributed by atoms with van der Waals surface area (Å²) in [7, 11) is 2.05. The van der Waals surface area contributed by atoms with Crippen LogP contribution in [0.1, 0.15) is 41.5 Å². The Labute approximate surface area is 195 Å². The summed E-state index contributed by atoms with van der Waals surface area (Å²) >= 11 is 0. The van der Waals surface area contributed by atoms with Gasteiger partial charge in [-0.1, -0.05) is 0 Å². The zero-order valence-corrected chi connectivity index (χ0v) is 19.8. The van der Waals surface area contributed by atoms with Gasteiger partial charge >= 0.3 is 0 Å². The summed E-state index contributed by atoms with van der Waals surface area (Å²) in [5, 5.41) is 2.88. The molecule has 0 atom stereocenters. The van der Waals surface area contributed by atoms with Gasteiger partial charge in [-0.25, -0.2) is 0 Å². The summed E-state index contributed by atoms with van der Waals surface area (Å²) in [4.78, 5) is 29.7. The smallest absolute Gasteiger partial charge is 0.255 e. The highest BCUT2D eigenvalue weighted by molar-refractivity contribution is 6.05. The van der Waals surface area contributed by atoms with Crippen LogP contribution in [-0.4, -0.2) is 74.7 Å². The van der Waals surface area contributed by atoms with Gasteiger partial charge in [0, 0.05) is 43.0 Å². The van der Waals surface area contributed by atoms with E-state index in [1.54, 1.807) is 36.4 Å². The van der Waals surface area contributed by atoms with Gasteiger partial charge in [0.1, 0.15) is 0 Å². The van der Waals surface area contributed by atoms with E-state index < -0.39 is 0 Å². The Bertz CT molecular complexity index is 926. The first kappa shape index (κ1) is 24.4. The van der Waals surface area contributed by atoms with E-state index in [0.717, 1.165) is 26.2 Å². The van der Waals surface area contributed by atoms with Crippen molar-refractivity contribution in [2.75, 3.05) is 58.4 Å². The number of likely N-dealkylation sites (N-methyl/N-ethyl adjacent to an activating group) is 1. The lowest BCUT2D eigenvalue weighted by atomic mass is 10.1. The number of carbonyl (C=O) groups is 2. The van der Waals surface area contributed by atoms with Crippen LogP contribution in [0.3, 0.4) is 0 Å². The van der Waals surface area contributed by atoms with Crippen LogP contribution < -0.4 is 19.5 Å². The van der Waals surface area contributed by atoms with Crippen molar-refractivity contribution in [3.63, 3.8) is 0 Å². The molecule has 3 rings (SSSR count). The van der Waals surface area contributed by atoms with Crippen molar-refractivity contribution in [1.82, 2.24) is 9.80 Å². The molecule has 1 aliphatic rings. The zero-order chi connectivity index (χ0) is 23.8. The summed E-state index contributed by atoms with van der Waals surface area (Å²) in [6.45, 7) is 10.1. The lowest BCUT2D eigenvalue weighted by molar-refractivity contribution is 0.0664. The minimum absolute atomic E-state index is 0.00945. The molecule has 0 radical (unpaired) electrons. The van der Waals surface area contributed by atoms with Gasteiger partial charge in [-0.05, 0) is 64.2 Å². The fourth-order valence-corrected chi connectivity index (χ4v) is 3.61. The molecule has 1 aliphatic heterocycles. The molecule has 1 N–H and O–H groups in total. The third kappa shape index (κ3) is 6.16. The average Bonchev–Trinajstić information content (AvgIpc) is 2.82. The molecule has 2 amide bonds. The second-order valence-electron chi connectivity index (χ2n) is 7.73. The van der Waals surface area contributed by atoms with Crippen LogP contribution in [0.2, 0.25) is 0 Å². The van der Waals surface area contributed by atoms with Gasteiger partial charge in [-0.2, -0.15) is 0 Å². The highest BCUT2D eigenvalue weighted by atomic mass is 16.5. The van der Waals surface area contributed by atoms with Gasteiger partial charge in [0.2, 0.25) is 5.75 Å². The summed E-state index contributed by atoms with van der Waals surface area (Å²) in [5.41, 5.74) is 1.60. The number of nitrogens with zero attached hydrogens (tertiary/aromatic N) is 2. The molecule has 0 saturated carbocycles. The van der Waals surface area contributed by atoms with Crippen molar-refractivity contribution >= 4 is 17.5 Å². The van der Waals surface area contributed by atoms with E-state index in [0.29, 0.717) is 53.9 Å². The summed E-state index contributed by atoms with van der Waals surface area (Å²) in [5.74, 6) is 1.12. The first-order valence-electron chi connectivity index (χ1n) is 11.4. The molecule has 8 nitrogen and oxygen atoms in total. The van der Waals surface area contributed by atoms with Crippen molar-refractivity contribution in [1.29, 1.82) is 0 Å². The minimum Gasteiger partial charge on any atom is -0.490 e. The van der Waals surface area contributed by atoms with Crippen LogP contribution in [0.4, 0.5) is 5.69 Å². The Morgan fingerprint density at radius 3 is 1.88 bits per heavy atom. The molecule has 2 aromatic carbocycles. The molecular weight excluding hydrogens is 422 g/mol. The van der Waals surface area contributed by atoms with E-state index in [4.69, 9.17) is 14.2 Å². The van der Waals surface area contributed by atoms with E-state index in [1.165, 1.54) is 0 Å². The highest BCUT2D eigenvalue weighted by Gasteiger charge is 2.21. The molecule has 0 aromatic heterocycles. The second kappa shape index (κ2) is 11.6. The van der Waals surface area contributed by atoms with Crippen LogP contribution in [0.25, 0.3) is 0 Å². The van der Waals surface area contributed by atoms with Crippen LogP contribution in [0.15, 0.2) is 36.4 Å². The monoisotopic (exact) mass is 455 g/mol. The minimum atomic E-state index is -0.307. The average molecular weight is 456 g/mol.